The van der Waals surface area contributed by atoms with E-state index in [1.54, 1.807) is 11.0 Å². The Balaban J connectivity index is 1.52. The molecule has 3 aliphatic heterocycles. The molecule has 1 spiro atoms. The summed E-state index contributed by atoms with van der Waals surface area (Å²) in [7, 11) is 0. The van der Waals surface area contributed by atoms with E-state index in [0.717, 1.165) is 31.2 Å². The predicted molar refractivity (Wildman–Crippen MR) is 110 cm³/mol. The molecule has 5 heteroatoms. The van der Waals surface area contributed by atoms with Crippen LogP contribution in [0.3, 0.4) is 0 Å². The summed E-state index contributed by atoms with van der Waals surface area (Å²) in [4.78, 5) is 28.6. The average Bonchev–Trinajstić information content (AvgIpc) is 3.46. The minimum atomic E-state index is -0.886. The molecular formula is C24H28N2O3. The van der Waals surface area contributed by atoms with Gasteiger partial charge >= 0.3 is 0 Å². The third-order valence-corrected chi connectivity index (χ3v) is 7.11. The molecule has 4 aliphatic rings. The molecule has 5 atom stereocenters. The van der Waals surface area contributed by atoms with E-state index < -0.39 is 11.6 Å². The number of fused-ring (bicyclic) bond motifs is 1. The molecule has 1 N–H and O–H groups in total. The Morgan fingerprint density at radius 3 is 2.72 bits per heavy atom. The third-order valence-electron chi connectivity index (χ3n) is 7.11. The molecule has 1 aromatic carbocycles. The first-order valence-corrected chi connectivity index (χ1v) is 10.7. The van der Waals surface area contributed by atoms with Crippen LogP contribution in [0.5, 0.6) is 0 Å². The lowest BCUT2D eigenvalue weighted by Gasteiger charge is -2.32. The Morgan fingerprint density at radius 2 is 2.03 bits per heavy atom. The van der Waals surface area contributed by atoms with Crippen LogP contribution in [-0.4, -0.2) is 47.0 Å². The van der Waals surface area contributed by atoms with Crippen LogP contribution >= 0.6 is 0 Å². The molecule has 152 valence electrons. The molecule has 1 aromatic rings. The first-order valence-electron chi connectivity index (χ1n) is 10.7. The fourth-order valence-corrected chi connectivity index (χ4v) is 5.82. The fraction of sp³-hybridized carbons (Fsp3) is 0.500. The number of nitrogens with zero attached hydrogens (tertiary/aromatic N) is 1. The van der Waals surface area contributed by atoms with Gasteiger partial charge < -0.3 is 15.0 Å². The van der Waals surface area contributed by atoms with Crippen LogP contribution in [0.4, 0.5) is 0 Å². The molecule has 0 radical (unpaired) electrons. The smallest absolute Gasteiger partial charge is 0.246 e. The van der Waals surface area contributed by atoms with Crippen molar-refractivity contribution in [2.45, 2.75) is 62.3 Å². The Morgan fingerprint density at radius 1 is 1.31 bits per heavy atom. The van der Waals surface area contributed by atoms with E-state index in [4.69, 9.17) is 4.74 Å². The van der Waals surface area contributed by atoms with Gasteiger partial charge in [-0.05, 0) is 25.3 Å². The van der Waals surface area contributed by atoms with Crippen LogP contribution in [0, 0.1) is 12.8 Å². The molecule has 3 heterocycles. The summed E-state index contributed by atoms with van der Waals surface area (Å²) < 4.78 is 6.46. The van der Waals surface area contributed by atoms with Gasteiger partial charge in [0.15, 0.2) is 0 Å². The molecule has 29 heavy (non-hydrogen) atoms. The lowest BCUT2D eigenvalue weighted by atomic mass is 9.72. The highest BCUT2D eigenvalue weighted by atomic mass is 16.5. The number of carbonyl (C=O) groups is 2. The van der Waals surface area contributed by atoms with Gasteiger partial charge in [-0.25, -0.2) is 0 Å². The van der Waals surface area contributed by atoms with Crippen molar-refractivity contribution in [1.82, 2.24) is 10.2 Å². The lowest BCUT2D eigenvalue weighted by molar-refractivity contribution is -0.139. The fourth-order valence-electron chi connectivity index (χ4n) is 5.82. The van der Waals surface area contributed by atoms with E-state index >= 15 is 0 Å². The van der Waals surface area contributed by atoms with Gasteiger partial charge in [0.1, 0.15) is 11.6 Å². The molecule has 5 rings (SSSR count). The Labute approximate surface area is 171 Å². The number of hydrogen-bond donors (Lipinski definition) is 1. The van der Waals surface area contributed by atoms with Gasteiger partial charge in [0, 0.05) is 18.5 Å². The first kappa shape index (κ1) is 18.6. The zero-order valence-corrected chi connectivity index (χ0v) is 16.8. The van der Waals surface area contributed by atoms with Gasteiger partial charge in [-0.3, -0.25) is 9.59 Å². The van der Waals surface area contributed by atoms with Crippen molar-refractivity contribution in [3.8, 4) is 0 Å². The maximum Gasteiger partial charge on any atom is 0.246 e. The number of likely N-dealkylation sites (tertiary alicyclic amines) is 1. The normalized spacial score (nSPS) is 35.3. The van der Waals surface area contributed by atoms with Crippen molar-refractivity contribution in [2.24, 2.45) is 5.92 Å². The van der Waals surface area contributed by atoms with Crippen LogP contribution in [-0.2, 0) is 14.3 Å². The summed E-state index contributed by atoms with van der Waals surface area (Å²) >= 11 is 0. The summed E-state index contributed by atoms with van der Waals surface area (Å²) in [6.45, 7) is 6.21. The number of aryl methyl sites for hydroxylation is 1. The van der Waals surface area contributed by atoms with Crippen LogP contribution < -0.4 is 5.32 Å². The number of rotatable bonds is 5. The van der Waals surface area contributed by atoms with Crippen LogP contribution in [0.2, 0.25) is 0 Å². The van der Waals surface area contributed by atoms with Crippen molar-refractivity contribution < 1.29 is 14.3 Å². The highest BCUT2D eigenvalue weighted by Crippen LogP contribution is 2.58. The topological polar surface area (TPSA) is 58.6 Å². The summed E-state index contributed by atoms with van der Waals surface area (Å²) in [6, 6.07) is 7.88. The van der Waals surface area contributed by atoms with Crippen molar-refractivity contribution in [3.05, 3.63) is 60.2 Å². The minimum Gasteiger partial charge on any atom is -0.359 e. The first-order chi connectivity index (χ1) is 14.0. The van der Waals surface area contributed by atoms with E-state index in [1.807, 2.05) is 12.2 Å². The zero-order valence-electron chi connectivity index (χ0n) is 16.8. The van der Waals surface area contributed by atoms with Crippen molar-refractivity contribution in [1.29, 1.82) is 0 Å². The molecule has 5 unspecified atom stereocenters. The summed E-state index contributed by atoms with van der Waals surface area (Å²) in [5.41, 5.74) is 1.40. The Bertz CT molecular complexity index is 871. The highest BCUT2D eigenvalue weighted by molar-refractivity contribution is 5.97. The number of nitrogens with one attached hydrogen (secondary N) is 1. The highest BCUT2D eigenvalue weighted by Gasteiger charge is 2.71. The van der Waals surface area contributed by atoms with Crippen molar-refractivity contribution in [2.75, 3.05) is 6.54 Å². The summed E-state index contributed by atoms with van der Waals surface area (Å²) in [5.74, 6) is -0.539. The number of amides is 2. The molecule has 2 bridgehead atoms. The van der Waals surface area contributed by atoms with Crippen molar-refractivity contribution >= 4 is 11.8 Å². The van der Waals surface area contributed by atoms with Gasteiger partial charge in [0.2, 0.25) is 11.8 Å². The number of carbonyl (C=O) groups excluding carboxylic acids is 2. The third kappa shape index (κ3) is 2.71. The van der Waals surface area contributed by atoms with E-state index in [9.17, 15) is 9.59 Å². The van der Waals surface area contributed by atoms with E-state index in [2.05, 4.69) is 43.1 Å². The predicted octanol–water partition coefficient (Wildman–Crippen LogP) is 2.86. The zero-order chi connectivity index (χ0) is 20.2. The number of ether oxygens (including phenoxy) is 1. The SMILES string of the molecule is C=CCN1C(=O)C2C(c3ccc(C)cc3)C3C=CC2(O3)C1C(=O)NC1CCCC1. The molecule has 2 amide bonds. The van der Waals surface area contributed by atoms with Gasteiger partial charge in [0.25, 0.3) is 0 Å². The second-order valence-electron chi connectivity index (χ2n) is 8.88. The summed E-state index contributed by atoms with van der Waals surface area (Å²) in [5, 5.41) is 3.20. The van der Waals surface area contributed by atoms with Gasteiger partial charge in [-0.15, -0.1) is 6.58 Å². The van der Waals surface area contributed by atoms with E-state index in [0.29, 0.717) is 6.54 Å². The second kappa shape index (κ2) is 6.84. The second-order valence-corrected chi connectivity index (χ2v) is 8.88. The molecule has 1 aliphatic carbocycles. The van der Waals surface area contributed by atoms with Crippen LogP contribution in [0.1, 0.15) is 42.7 Å². The molecule has 3 fully saturated rings. The molecule has 0 aromatic heterocycles. The quantitative estimate of drug-likeness (QED) is 0.784. The molecule has 1 saturated carbocycles. The van der Waals surface area contributed by atoms with Gasteiger partial charge in [-0.1, -0.05) is 60.9 Å². The molecular weight excluding hydrogens is 364 g/mol. The maximum absolute atomic E-state index is 13.5. The average molecular weight is 392 g/mol. The van der Waals surface area contributed by atoms with Crippen LogP contribution in [0.15, 0.2) is 49.1 Å². The minimum absolute atomic E-state index is 0.00565. The Kier molecular flexibility index (Phi) is 4.39. The van der Waals surface area contributed by atoms with Gasteiger partial charge in [0.05, 0.1) is 12.0 Å². The van der Waals surface area contributed by atoms with E-state index in [-0.39, 0.29) is 35.8 Å². The lowest BCUT2D eigenvalue weighted by Crippen LogP contribution is -2.56. The van der Waals surface area contributed by atoms with Crippen LogP contribution in [0.25, 0.3) is 0 Å². The largest absolute Gasteiger partial charge is 0.359 e. The molecule has 2 saturated heterocycles. The molecule has 5 nitrogen and oxygen atoms in total. The number of benzene rings is 1. The monoisotopic (exact) mass is 392 g/mol. The maximum atomic E-state index is 13.5. The van der Waals surface area contributed by atoms with E-state index in [1.165, 1.54) is 5.56 Å². The van der Waals surface area contributed by atoms with Crippen molar-refractivity contribution in [3.63, 3.8) is 0 Å². The van der Waals surface area contributed by atoms with Gasteiger partial charge in [-0.2, -0.15) is 0 Å². The Hall–Kier alpha value is -2.40. The number of hydrogen-bond acceptors (Lipinski definition) is 3. The standard InChI is InChI=1S/C24H28N2O3/c1-3-14-26-21(22(27)25-17-6-4-5-7-17)24-13-12-18(29-24)19(20(24)23(26)28)16-10-8-15(2)9-11-16/h3,8-13,17-21H,1,4-7,14H2,2H3,(H,25,27). The summed E-state index contributed by atoms with van der Waals surface area (Å²) in [6.07, 6.45) is 9.86.